The van der Waals surface area contributed by atoms with E-state index < -0.39 is 0 Å². The molecular formula is C13H14IN3O2. The highest BCUT2D eigenvalue weighted by Gasteiger charge is 2.14. The molecule has 1 heterocycles. The highest BCUT2D eigenvalue weighted by molar-refractivity contribution is 14.1. The van der Waals surface area contributed by atoms with Gasteiger partial charge in [0.05, 0.1) is 16.9 Å². The van der Waals surface area contributed by atoms with Gasteiger partial charge in [-0.25, -0.2) is 0 Å². The third kappa shape index (κ3) is 3.06. The predicted molar refractivity (Wildman–Crippen MR) is 81.4 cm³/mol. The summed E-state index contributed by atoms with van der Waals surface area (Å²) in [5, 5.41) is 16.8. The highest BCUT2D eigenvalue weighted by Crippen LogP contribution is 2.22. The van der Waals surface area contributed by atoms with E-state index in [9.17, 15) is 9.90 Å². The van der Waals surface area contributed by atoms with Crippen LogP contribution in [-0.4, -0.2) is 20.8 Å². The van der Waals surface area contributed by atoms with Gasteiger partial charge in [-0.1, -0.05) is 6.92 Å². The number of hydrogen-bond donors (Lipinski definition) is 2. The average Bonchev–Trinajstić information content (AvgIpc) is 2.72. The maximum absolute atomic E-state index is 12.2. The summed E-state index contributed by atoms with van der Waals surface area (Å²) in [7, 11) is 1.80. The Hall–Kier alpha value is -1.57. The van der Waals surface area contributed by atoms with Gasteiger partial charge in [-0.2, -0.15) is 5.10 Å². The van der Waals surface area contributed by atoms with Crippen molar-refractivity contribution >= 4 is 34.2 Å². The first kappa shape index (κ1) is 13.9. The maximum atomic E-state index is 12.2. The summed E-state index contributed by atoms with van der Waals surface area (Å²) in [6.07, 6.45) is 2.48. The van der Waals surface area contributed by atoms with Crippen LogP contribution in [0.4, 0.5) is 5.69 Å². The van der Waals surface area contributed by atoms with Crippen LogP contribution in [0.5, 0.6) is 5.75 Å². The lowest BCUT2D eigenvalue weighted by Crippen LogP contribution is -2.13. The molecule has 0 radical (unpaired) electrons. The minimum Gasteiger partial charge on any atom is -0.507 e. The molecule has 1 amide bonds. The van der Waals surface area contributed by atoms with E-state index in [0.29, 0.717) is 5.69 Å². The normalized spacial score (nSPS) is 10.5. The first-order chi connectivity index (χ1) is 9.01. The molecule has 0 fully saturated rings. The maximum Gasteiger partial charge on any atom is 0.259 e. The van der Waals surface area contributed by atoms with Gasteiger partial charge in [-0.3, -0.25) is 9.48 Å². The van der Waals surface area contributed by atoms with Crippen molar-refractivity contribution in [3.8, 4) is 5.75 Å². The number of rotatable bonds is 3. The van der Waals surface area contributed by atoms with E-state index in [2.05, 4.69) is 33.0 Å². The molecule has 5 nitrogen and oxygen atoms in total. The fourth-order valence-electron chi connectivity index (χ4n) is 1.78. The Kier molecular flexibility index (Phi) is 4.08. The molecule has 6 heteroatoms. The second-order valence-electron chi connectivity index (χ2n) is 4.13. The molecule has 0 aliphatic heterocycles. The second-order valence-corrected chi connectivity index (χ2v) is 5.38. The van der Waals surface area contributed by atoms with Crippen LogP contribution in [0.25, 0.3) is 0 Å². The van der Waals surface area contributed by atoms with Crippen molar-refractivity contribution in [2.24, 2.45) is 7.05 Å². The molecule has 0 saturated carbocycles. The summed E-state index contributed by atoms with van der Waals surface area (Å²) in [6, 6.07) is 4.90. The molecule has 19 heavy (non-hydrogen) atoms. The fourth-order valence-corrected chi connectivity index (χ4v) is 2.27. The van der Waals surface area contributed by atoms with Gasteiger partial charge in [0.25, 0.3) is 5.91 Å². The molecule has 0 saturated heterocycles. The molecule has 0 aliphatic rings. The van der Waals surface area contributed by atoms with Crippen molar-refractivity contribution < 1.29 is 9.90 Å². The Morgan fingerprint density at radius 3 is 2.95 bits per heavy atom. The van der Waals surface area contributed by atoms with Crippen molar-refractivity contribution in [2.75, 3.05) is 5.32 Å². The molecule has 0 spiro atoms. The lowest BCUT2D eigenvalue weighted by molar-refractivity contribution is 0.102. The van der Waals surface area contributed by atoms with Gasteiger partial charge in [-0.05, 0) is 47.2 Å². The minimum atomic E-state index is -0.335. The third-order valence-corrected chi connectivity index (χ3v) is 3.36. The predicted octanol–water partition coefficient (Wildman–Crippen LogP) is 2.55. The summed E-state index contributed by atoms with van der Waals surface area (Å²) in [4.78, 5) is 12.2. The van der Waals surface area contributed by atoms with Crippen molar-refractivity contribution in [2.45, 2.75) is 13.3 Å². The first-order valence-corrected chi connectivity index (χ1v) is 6.91. The van der Waals surface area contributed by atoms with Crippen molar-refractivity contribution in [3.63, 3.8) is 0 Å². The van der Waals surface area contributed by atoms with Crippen LogP contribution in [0.15, 0.2) is 24.4 Å². The topological polar surface area (TPSA) is 67.2 Å². The van der Waals surface area contributed by atoms with E-state index in [1.165, 1.54) is 6.07 Å². The first-order valence-electron chi connectivity index (χ1n) is 5.83. The van der Waals surface area contributed by atoms with Gasteiger partial charge < -0.3 is 10.4 Å². The standard InChI is InChI=1S/C13H14IN3O2/c1-3-10-11(7-17(2)16-10)15-13(19)9-6-8(14)4-5-12(9)18/h4-7,18H,3H2,1-2H3,(H,15,19). The Morgan fingerprint density at radius 2 is 2.26 bits per heavy atom. The molecule has 0 bridgehead atoms. The number of benzene rings is 1. The van der Waals surface area contributed by atoms with Gasteiger partial charge in [0.2, 0.25) is 0 Å². The molecular weight excluding hydrogens is 357 g/mol. The summed E-state index contributed by atoms with van der Waals surface area (Å²) < 4.78 is 2.55. The molecule has 2 N–H and O–H groups in total. The number of amides is 1. The SMILES string of the molecule is CCc1nn(C)cc1NC(=O)c1cc(I)ccc1O. The van der Waals surface area contributed by atoms with Crippen LogP contribution < -0.4 is 5.32 Å². The monoisotopic (exact) mass is 371 g/mol. The summed E-state index contributed by atoms with van der Waals surface area (Å²) in [5.74, 6) is -0.362. The Labute approximate surface area is 124 Å². The number of aromatic hydroxyl groups is 1. The molecule has 2 aromatic rings. The van der Waals surface area contributed by atoms with Crippen LogP contribution in [0.2, 0.25) is 0 Å². The number of hydrogen-bond acceptors (Lipinski definition) is 3. The number of carbonyl (C=O) groups is 1. The summed E-state index contributed by atoms with van der Waals surface area (Å²) in [5.41, 5.74) is 1.76. The van der Waals surface area contributed by atoms with E-state index in [4.69, 9.17) is 0 Å². The fraction of sp³-hybridized carbons (Fsp3) is 0.231. The summed E-state index contributed by atoms with van der Waals surface area (Å²) in [6.45, 7) is 1.97. The molecule has 1 aromatic carbocycles. The number of halogens is 1. The van der Waals surface area contributed by atoms with Gasteiger partial charge in [0.15, 0.2) is 0 Å². The molecule has 0 atom stereocenters. The number of nitrogens with zero attached hydrogens (tertiary/aromatic N) is 2. The number of aromatic nitrogens is 2. The smallest absolute Gasteiger partial charge is 0.259 e. The van der Waals surface area contributed by atoms with E-state index in [1.807, 2.05) is 6.92 Å². The average molecular weight is 371 g/mol. The lowest BCUT2D eigenvalue weighted by Gasteiger charge is -2.06. The van der Waals surface area contributed by atoms with Gasteiger partial charge in [-0.15, -0.1) is 0 Å². The van der Waals surface area contributed by atoms with Crippen LogP contribution in [0.3, 0.4) is 0 Å². The molecule has 0 unspecified atom stereocenters. The summed E-state index contributed by atoms with van der Waals surface area (Å²) >= 11 is 2.10. The van der Waals surface area contributed by atoms with Crippen LogP contribution >= 0.6 is 22.6 Å². The number of aryl methyl sites for hydroxylation is 2. The second kappa shape index (κ2) is 5.60. The molecule has 1 aromatic heterocycles. The van der Waals surface area contributed by atoms with E-state index in [-0.39, 0.29) is 17.2 Å². The zero-order valence-electron chi connectivity index (χ0n) is 10.6. The van der Waals surface area contributed by atoms with Crippen molar-refractivity contribution in [1.82, 2.24) is 9.78 Å². The van der Waals surface area contributed by atoms with E-state index in [1.54, 1.807) is 30.1 Å². The number of anilines is 1. The van der Waals surface area contributed by atoms with Crippen LogP contribution in [0.1, 0.15) is 23.0 Å². The zero-order chi connectivity index (χ0) is 14.0. The van der Waals surface area contributed by atoms with Crippen molar-refractivity contribution in [3.05, 3.63) is 39.2 Å². The van der Waals surface area contributed by atoms with Crippen LogP contribution in [0, 0.1) is 3.57 Å². The largest absolute Gasteiger partial charge is 0.507 e. The van der Waals surface area contributed by atoms with Crippen LogP contribution in [-0.2, 0) is 13.5 Å². The quantitative estimate of drug-likeness (QED) is 0.815. The Balaban J connectivity index is 2.27. The Morgan fingerprint density at radius 1 is 1.53 bits per heavy atom. The van der Waals surface area contributed by atoms with Gasteiger partial charge in [0, 0.05) is 16.8 Å². The Bertz CT molecular complexity index is 622. The zero-order valence-corrected chi connectivity index (χ0v) is 12.8. The molecule has 0 aliphatic carbocycles. The third-order valence-electron chi connectivity index (χ3n) is 2.69. The number of nitrogens with one attached hydrogen (secondary N) is 1. The van der Waals surface area contributed by atoms with Crippen molar-refractivity contribution in [1.29, 1.82) is 0 Å². The van der Waals surface area contributed by atoms with Gasteiger partial charge >= 0.3 is 0 Å². The molecule has 100 valence electrons. The van der Waals surface area contributed by atoms with E-state index in [0.717, 1.165) is 15.7 Å². The number of phenolic OH excluding ortho intramolecular Hbond substituents is 1. The molecule has 2 rings (SSSR count). The van der Waals surface area contributed by atoms with E-state index >= 15 is 0 Å². The van der Waals surface area contributed by atoms with Gasteiger partial charge in [0.1, 0.15) is 5.75 Å². The minimum absolute atomic E-state index is 0.0279. The highest BCUT2D eigenvalue weighted by atomic mass is 127. The number of phenols is 1. The number of carbonyl (C=O) groups excluding carboxylic acids is 1. The lowest BCUT2D eigenvalue weighted by atomic mass is 10.2.